The number of nitrogens with zero attached hydrogens (tertiary/aromatic N) is 1. The lowest BCUT2D eigenvalue weighted by atomic mass is 9.90. The summed E-state index contributed by atoms with van der Waals surface area (Å²) in [6, 6.07) is 6.95. The number of thiazole rings is 1. The zero-order valence-electron chi connectivity index (χ0n) is 13.4. The van der Waals surface area contributed by atoms with Crippen LogP contribution in [0.15, 0.2) is 29.2 Å². The lowest BCUT2D eigenvalue weighted by Crippen LogP contribution is -2.03. The van der Waals surface area contributed by atoms with E-state index in [0.29, 0.717) is 16.7 Å². The van der Waals surface area contributed by atoms with Crippen molar-refractivity contribution in [3.05, 3.63) is 29.3 Å². The van der Waals surface area contributed by atoms with E-state index in [9.17, 15) is 8.42 Å². The number of rotatable bonds is 4. The van der Waals surface area contributed by atoms with E-state index >= 15 is 0 Å². The fraction of sp³-hybridized carbons (Fsp3) is 0.471. The van der Waals surface area contributed by atoms with Gasteiger partial charge in [0.05, 0.1) is 16.9 Å². The number of methoxy groups -OCH3 is 1. The fourth-order valence-corrected chi connectivity index (χ4v) is 4.86. The molecule has 3 rings (SSSR count). The molecule has 0 unspecified atom stereocenters. The van der Waals surface area contributed by atoms with Gasteiger partial charge in [0.15, 0.2) is 9.84 Å². The molecule has 6 heteroatoms. The number of aromatic nitrogens is 1. The molecule has 0 N–H and O–H groups in total. The Hall–Kier alpha value is -1.40. The van der Waals surface area contributed by atoms with Gasteiger partial charge in [0.25, 0.3) is 0 Å². The Morgan fingerprint density at radius 1 is 1.13 bits per heavy atom. The fourth-order valence-electron chi connectivity index (χ4n) is 3.02. The molecule has 0 radical (unpaired) electrons. The summed E-state index contributed by atoms with van der Waals surface area (Å²) in [5.41, 5.74) is 0.953. The van der Waals surface area contributed by atoms with E-state index in [2.05, 4.69) is 4.98 Å². The second-order valence-corrected chi connectivity index (χ2v) is 9.07. The Morgan fingerprint density at radius 3 is 2.35 bits per heavy atom. The molecule has 0 atom stereocenters. The van der Waals surface area contributed by atoms with Gasteiger partial charge in [-0.05, 0) is 30.5 Å². The van der Waals surface area contributed by atoms with Crippen LogP contribution in [0.2, 0.25) is 0 Å². The third-order valence-electron chi connectivity index (χ3n) is 4.31. The second kappa shape index (κ2) is 6.61. The van der Waals surface area contributed by atoms with Crippen LogP contribution in [0, 0.1) is 0 Å². The van der Waals surface area contributed by atoms with Gasteiger partial charge in [0.1, 0.15) is 5.01 Å². The average Bonchev–Trinajstić information content (AvgIpc) is 2.99. The lowest BCUT2D eigenvalue weighted by molar-refractivity contribution is 0.395. The Bertz CT molecular complexity index is 773. The van der Waals surface area contributed by atoms with Gasteiger partial charge in [-0.25, -0.2) is 13.4 Å². The summed E-state index contributed by atoms with van der Waals surface area (Å²) in [4.78, 5) is 5.99. The van der Waals surface area contributed by atoms with Crippen molar-refractivity contribution in [1.82, 2.24) is 4.98 Å². The van der Waals surface area contributed by atoms with E-state index < -0.39 is 9.84 Å². The van der Waals surface area contributed by atoms with Crippen molar-refractivity contribution in [1.29, 1.82) is 0 Å². The van der Waals surface area contributed by atoms with Crippen LogP contribution in [0.3, 0.4) is 0 Å². The Labute approximate surface area is 141 Å². The van der Waals surface area contributed by atoms with Crippen LogP contribution in [0.4, 0.5) is 0 Å². The largest absolute Gasteiger partial charge is 0.480 e. The van der Waals surface area contributed by atoms with Crippen molar-refractivity contribution in [2.75, 3.05) is 13.4 Å². The maximum Gasteiger partial charge on any atom is 0.232 e. The molecule has 1 aromatic heterocycles. The predicted molar refractivity (Wildman–Crippen MR) is 93.0 cm³/mol. The topological polar surface area (TPSA) is 56.3 Å². The highest BCUT2D eigenvalue weighted by atomic mass is 32.2. The normalized spacial score (nSPS) is 16.4. The van der Waals surface area contributed by atoms with Crippen molar-refractivity contribution in [2.45, 2.75) is 42.9 Å². The summed E-state index contributed by atoms with van der Waals surface area (Å²) in [6.45, 7) is 0. The Balaban J connectivity index is 1.94. The first-order chi connectivity index (χ1) is 11.0. The molecule has 23 heavy (non-hydrogen) atoms. The molecule has 1 saturated carbocycles. The van der Waals surface area contributed by atoms with Crippen molar-refractivity contribution in [2.24, 2.45) is 0 Å². The van der Waals surface area contributed by atoms with Crippen LogP contribution in [0.1, 0.15) is 43.0 Å². The average molecular weight is 351 g/mol. The Kier molecular flexibility index (Phi) is 4.73. The van der Waals surface area contributed by atoms with Crippen molar-refractivity contribution >= 4 is 21.2 Å². The monoisotopic (exact) mass is 351 g/mol. The zero-order valence-corrected chi connectivity index (χ0v) is 15.0. The molecule has 1 fully saturated rings. The van der Waals surface area contributed by atoms with Gasteiger partial charge in [-0.15, -0.1) is 11.3 Å². The maximum absolute atomic E-state index is 11.6. The molecular weight excluding hydrogens is 330 g/mol. The van der Waals surface area contributed by atoms with Crippen LogP contribution in [0.25, 0.3) is 10.4 Å². The standard InChI is InChI=1S/C17H21NO3S2/c1-21-16-15(12-8-10-14(11-9-12)23(2,19)20)22-17(18-16)13-6-4-3-5-7-13/h8-11,13H,3-7H2,1-2H3. The smallest absolute Gasteiger partial charge is 0.232 e. The highest BCUT2D eigenvalue weighted by Crippen LogP contribution is 2.42. The second-order valence-electron chi connectivity index (χ2n) is 6.02. The third-order valence-corrected chi connectivity index (χ3v) is 6.68. The zero-order chi connectivity index (χ0) is 16.4. The molecule has 0 spiro atoms. The molecule has 1 aliphatic rings. The van der Waals surface area contributed by atoms with Gasteiger partial charge in [-0.1, -0.05) is 31.4 Å². The number of sulfone groups is 1. The van der Waals surface area contributed by atoms with Crippen molar-refractivity contribution in [3.8, 4) is 16.3 Å². The molecule has 0 aliphatic heterocycles. The van der Waals surface area contributed by atoms with Crippen molar-refractivity contribution < 1.29 is 13.2 Å². The molecular formula is C17H21NO3S2. The number of ether oxygens (including phenoxy) is 1. The summed E-state index contributed by atoms with van der Waals surface area (Å²) in [7, 11) is -1.54. The van der Waals surface area contributed by atoms with E-state index in [1.165, 1.54) is 38.4 Å². The van der Waals surface area contributed by atoms with Crippen LogP contribution in [-0.4, -0.2) is 26.8 Å². The molecule has 4 nitrogen and oxygen atoms in total. The summed E-state index contributed by atoms with van der Waals surface area (Å²) in [5.74, 6) is 1.18. The summed E-state index contributed by atoms with van der Waals surface area (Å²) >= 11 is 1.67. The first-order valence-corrected chi connectivity index (χ1v) is 10.5. The molecule has 124 valence electrons. The number of hydrogen-bond acceptors (Lipinski definition) is 5. The van der Waals surface area contributed by atoms with E-state index in [4.69, 9.17) is 4.74 Å². The first-order valence-electron chi connectivity index (χ1n) is 7.84. The van der Waals surface area contributed by atoms with Crippen LogP contribution < -0.4 is 4.74 Å². The van der Waals surface area contributed by atoms with Gasteiger partial charge < -0.3 is 4.74 Å². The molecule has 1 aromatic carbocycles. The van der Waals surface area contributed by atoms with Gasteiger partial charge in [-0.3, -0.25) is 0 Å². The molecule has 0 bridgehead atoms. The molecule has 1 heterocycles. The van der Waals surface area contributed by atoms with Gasteiger partial charge >= 0.3 is 0 Å². The number of benzene rings is 1. The minimum atomic E-state index is -3.17. The Morgan fingerprint density at radius 2 is 1.78 bits per heavy atom. The van der Waals surface area contributed by atoms with Gasteiger partial charge in [0, 0.05) is 12.2 Å². The molecule has 0 saturated heterocycles. The molecule has 1 aliphatic carbocycles. The number of hydrogen-bond donors (Lipinski definition) is 0. The van der Waals surface area contributed by atoms with Crippen LogP contribution in [0.5, 0.6) is 5.88 Å². The van der Waals surface area contributed by atoms with Gasteiger partial charge in [0.2, 0.25) is 5.88 Å². The van der Waals surface area contributed by atoms with Crippen LogP contribution >= 0.6 is 11.3 Å². The van der Waals surface area contributed by atoms with E-state index in [1.807, 2.05) is 12.1 Å². The van der Waals surface area contributed by atoms with E-state index in [0.717, 1.165) is 15.4 Å². The van der Waals surface area contributed by atoms with Crippen LogP contribution in [-0.2, 0) is 9.84 Å². The summed E-state index contributed by atoms with van der Waals surface area (Å²) < 4.78 is 28.6. The minimum Gasteiger partial charge on any atom is -0.480 e. The minimum absolute atomic E-state index is 0.331. The molecule has 2 aromatic rings. The van der Waals surface area contributed by atoms with E-state index in [1.54, 1.807) is 30.6 Å². The highest BCUT2D eigenvalue weighted by molar-refractivity contribution is 7.90. The van der Waals surface area contributed by atoms with Gasteiger partial charge in [-0.2, -0.15) is 0 Å². The third kappa shape index (κ3) is 3.58. The summed E-state index contributed by atoms with van der Waals surface area (Å²) in [6.07, 6.45) is 7.47. The lowest BCUT2D eigenvalue weighted by Gasteiger charge is -2.18. The predicted octanol–water partition coefficient (Wildman–Crippen LogP) is 4.27. The highest BCUT2D eigenvalue weighted by Gasteiger charge is 2.22. The summed E-state index contributed by atoms with van der Waals surface area (Å²) in [5, 5.41) is 1.14. The SMILES string of the molecule is COc1nc(C2CCCCC2)sc1-c1ccc(S(C)(=O)=O)cc1. The maximum atomic E-state index is 11.6. The first kappa shape index (κ1) is 16.5. The van der Waals surface area contributed by atoms with Crippen molar-refractivity contribution in [3.63, 3.8) is 0 Å². The van der Waals surface area contributed by atoms with E-state index in [-0.39, 0.29) is 0 Å². The quantitative estimate of drug-likeness (QED) is 0.825. The molecule has 0 amide bonds.